The molecule has 0 aliphatic carbocycles. The third kappa shape index (κ3) is 3.45. The smallest absolute Gasteiger partial charge is 0.155 e. The maximum Gasteiger partial charge on any atom is 0.155 e. The van der Waals surface area contributed by atoms with Crippen LogP contribution in [-0.2, 0) is 26.7 Å². The van der Waals surface area contributed by atoms with Crippen LogP contribution in [0.4, 0.5) is 4.39 Å². The molecule has 0 bridgehead atoms. The fourth-order valence-electron chi connectivity index (χ4n) is 3.41. The van der Waals surface area contributed by atoms with E-state index in [1.807, 2.05) is 17.8 Å². The van der Waals surface area contributed by atoms with Crippen molar-refractivity contribution in [1.29, 1.82) is 0 Å². The van der Waals surface area contributed by atoms with Gasteiger partial charge in [0.15, 0.2) is 6.10 Å². The number of aliphatic hydroxyl groups excluding tert-OH is 1. The zero-order chi connectivity index (χ0) is 19.0. The van der Waals surface area contributed by atoms with Gasteiger partial charge in [-0.05, 0) is 12.1 Å². The molecule has 1 N–H and O–H groups in total. The molecule has 0 saturated heterocycles. The van der Waals surface area contributed by atoms with Crippen molar-refractivity contribution in [1.82, 2.24) is 24.2 Å². The number of imidazole rings is 1. The number of rotatable bonds is 5. The van der Waals surface area contributed by atoms with Gasteiger partial charge in [0.25, 0.3) is 0 Å². The summed E-state index contributed by atoms with van der Waals surface area (Å²) in [6.07, 6.45) is 2.58. The molecule has 3 heterocycles. The zero-order valence-corrected chi connectivity index (χ0v) is 15.3. The molecule has 4 rings (SSSR count). The first-order chi connectivity index (χ1) is 13.0. The minimum Gasteiger partial charge on any atom is -0.497 e. The highest BCUT2D eigenvalue weighted by molar-refractivity contribution is 5.29. The second-order valence-electron chi connectivity index (χ2n) is 6.75. The molecule has 8 heteroatoms. The number of hydrogen-bond acceptors (Lipinski definition) is 5. The highest BCUT2D eigenvalue weighted by Gasteiger charge is 2.24. The van der Waals surface area contributed by atoms with Gasteiger partial charge in [-0.3, -0.25) is 9.58 Å². The average Bonchev–Trinajstić information content (AvgIpc) is 3.28. The number of aryl methyl sites for hydroxylation is 1. The molecule has 142 valence electrons. The van der Waals surface area contributed by atoms with Crippen LogP contribution in [-0.4, -0.2) is 43.0 Å². The van der Waals surface area contributed by atoms with Gasteiger partial charge in [0.05, 0.1) is 25.0 Å². The Morgan fingerprint density at radius 1 is 1.30 bits per heavy atom. The van der Waals surface area contributed by atoms with Gasteiger partial charge >= 0.3 is 0 Å². The van der Waals surface area contributed by atoms with E-state index in [0.29, 0.717) is 42.5 Å². The molecule has 7 nitrogen and oxygen atoms in total. The first-order valence-electron chi connectivity index (χ1n) is 8.82. The van der Waals surface area contributed by atoms with Crippen molar-refractivity contribution in [3.63, 3.8) is 0 Å². The van der Waals surface area contributed by atoms with Crippen LogP contribution in [0.5, 0.6) is 5.75 Å². The van der Waals surface area contributed by atoms with Crippen molar-refractivity contribution in [3.05, 3.63) is 65.3 Å². The first-order valence-corrected chi connectivity index (χ1v) is 8.82. The number of fused-ring (bicyclic) bond motifs is 1. The topological polar surface area (TPSA) is 68.3 Å². The summed E-state index contributed by atoms with van der Waals surface area (Å²) >= 11 is 0. The Morgan fingerprint density at radius 3 is 2.85 bits per heavy atom. The maximum absolute atomic E-state index is 14.2. The van der Waals surface area contributed by atoms with Gasteiger partial charge in [0.1, 0.15) is 17.4 Å². The lowest BCUT2D eigenvalue weighted by Gasteiger charge is -2.27. The lowest BCUT2D eigenvalue weighted by Crippen LogP contribution is -2.33. The number of methoxy groups -OCH3 is 1. The Kier molecular flexibility index (Phi) is 4.67. The van der Waals surface area contributed by atoms with E-state index in [1.54, 1.807) is 29.1 Å². The van der Waals surface area contributed by atoms with E-state index in [9.17, 15) is 9.50 Å². The number of aromatic nitrogens is 4. The lowest BCUT2D eigenvalue weighted by atomic mass is 10.1. The minimum atomic E-state index is -0.865. The Morgan fingerprint density at radius 2 is 2.15 bits per heavy atom. The molecule has 0 radical (unpaired) electrons. The summed E-state index contributed by atoms with van der Waals surface area (Å²) in [5.74, 6) is 0.808. The van der Waals surface area contributed by atoms with Crippen LogP contribution < -0.4 is 4.74 Å². The molecule has 1 aromatic carbocycles. The zero-order valence-electron chi connectivity index (χ0n) is 15.3. The SMILES string of the molecule is COc1ccc(CN2CCn3nc([C@@H](O)c4nccn4C)cc3C2)c(F)c1. The average molecular weight is 371 g/mol. The van der Waals surface area contributed by atoms with Crippen LogP contribution in [0, 0.1) is 5.82 Å². The molecular formula is C19H22FN5O2. The Hall–Kier alpha value is -2.71. The number of ether oxygens (including phenoxy) is 1. The van der Waals surface area contributed by atoms with Crippen LogP contribution in [0.1, 0.15) is 28.9 Å². The van der Waals surface area contributed by atoms with Gasteiger partial charge in [0, 0.05) is 50.7 Å². The molecular weight excluding hydrogens is 349 g/mol. The van der Waals surface area contributed by atoms with E-state index < -0.39 is 6.10 Å². The van der Waals surface area contributed by atoms with Crippen molar-refractivity contribution < 1.29 is 14.2 Å². The fraction of sp³-hybridized carbons (Fsp3) is 0.368. The molecule has 3 aromatic rings. The number of hydrogen-bond donors (Lipinski definition) is 1. The normalized spacial score (nSPS) is 15.6. The van der Waals surface area contributed by atoms with Crippen molar-refractivity contribution in [2.24, 2.45) is 7.05 Å². The van der Waals surface area contributed by atoms with Crippen molar-refractivity contribution in [2.45, 2.75) is 25.7 Å². The summed E-state index contributed by atoms with van der Waals surface area (Å²) in [5.41, 5.74) is 2.22. The van der Waals surface area contributed by atoms with E-state index in [-0.39, 0.29) is 5.82 Å². The van der Waals surface area contributed by atoms with Crippen LogP contribution >= 0.6 is 0 Å². The third-order valence-electron chi connectivity index (χ3n) is 4.93. The molecule has 0 unspecified atom stereocenters. The molecule has 0 fully saturated rings. The number of nitrogens with zero attached hydrogens (tertiary/aromatic N) is 5. The van der Waals surface area contributed by atoms with E-state index in [4.69, 9.17) is 4.74 Å². The predicted octanol–water partition coefficient (Wildman–Crippen LogP) is 1.86. The van der Waals surface area contributed by atoms with Gasteiger partial charge in [-0.2, -0.15) is 5.10 Å². The van der Waals surface area contributed by atoms with E-state index in [0.717, 1.165) is 12.2 Å². The standard InChI is InChI=1S/C19H22FN5O2/c1-23-6-5-21-19(23)18(26)17-9-14-12-24(7-8-25(14)22-17)11-13-3-4-15(27-2)10-16(13)20/h3-6,9-10,18,26H,7-8,11-12H2,1-2H3/t18-/m1/s1. The highest BCUT2D eigenvalue weighted by atomic mass is 19.1. The number of aliphatic hydroxyl groups is 1. The summed E-state index contributed by atoms with van der Waals surface area (Å²) in [5, 5.41) is 15.1. The Balaban J connectivity index is 1.49. The second-order valence-corrected chi connectivity index (χ2v) is 6.75. The van der Waals surface area contributed by atoms with Crippen molar-refractivity contribution >= 4 is 0 Å². The predicted molar refractivity (Wildman–Crippen MR) is 96.6 cm³/mol. The molecule has 27 heavy (non-hydrogen) atoms. The first kappa shape index (κ1) is 17.7. The van der Waals surface area contributed by atoms with Crippen LogP contribution in [0.2, 0.25) is 0 Å². The fourth-order valence-corrected chi connectivity index (χ4v) is 3.41. The molecule has 0 amide bonds. The largest absolute Gasteiger partial charge is 0.497 e. The Labute approximate surface area is 156 Å². The van der Waals surface area contributed by atoms with Crippen molar-refractivity contribution in [3.8, 4) is 5.75 Å². The molecule has 0 saturated carbocycles. The van der Waals surface area contributed by atoms with Gasteiger partial charge in [-0.1, -0.05) is 6.07 Å². The van der Waals surface area contributed by atoms with Crippen LogP contribution in [0.3, 0.4) is 0 Å². The maximum atomic E-state index is 14.2. The quantitative estimate of drug-likeness (QED) is 0.742. The van der Waals surface area contributed by atoms with E-state index >= 15 is 0 Å². The van der Waals surface area contributed by atoms with E-state index in [2.05, 4.69) is 15.0 Å². The van der Waals surface area contributed by atoms with Crippen LogP contribution in [0.25, 0.3) is 0 Å². The van der Waals surface area contributed by atoms with Gasteiger partial charge in [-0.15, -0.1) is 0 Å². The number of benzene rings is 1. The Bertz CT molecular complexity index is 951. The third-order valence-corrected chi connectivity index (χ3v) is 4.93. The van der Waals surface area contributed by atoms with Gasteiger partial charge in [-0.25, -0.2) is 9.37 Å². The molecule has 2 aromatic heterocycles. The highest BCUT2D eigenvalue weighted by Crippen LogP contribution is 2.24. The van der Waals surface area contributed by atoms with Crippen LogP contribution in [0.15, 0.2) is 36.7 Å². The second kappa shape index (κ2) is 7.13. The van der Waals surface area contributed by atoms with Gasteiger partial charge < -0.3 is 14.4 Å². The summed E-state index contributed by atoms with van der Waals surface area (Å²) in [6, 6.07) is 6.84. The van der Waals surface area contributed by atoms with Crippen molar-refractivity contribution in [2.75, 3.05) is 13.7 Å². The lowest BCUT2D eigenvalue weighted by molar-refractivity contribution is 0.193. The summed E-state index contributed by atoms with van der Waals surface area (Å²) < 4.78 is 23.0. The molecule has 0 spiro atoms. The minimum absolute atomic E-state index is 0.265. The number of halogens is 1. The molecule has 1 atom stereocenters. The molecule has 1 aliphatic heterocycles. The summed E-state index contributed by atoms with van der Waals surface area (Å²) in [7, 11) is 3.36. The summed E-state index contributed by atoms with van der Waals surface area (Å²) in [4.78, 5) is 6.36. The monoisotopic (exact) mass is 371 g/mol. The summed E-state index contributed by atoms with van der Waals surface area (Å²) in [6.45, 7) is 2.61. The molecule has 1 aliphatic rings. The van der Waals surface area contributed by atoms with Gasteiger partial charge in [0.2, 0.25) is 0 Å². The van der Waals surface area contributed by atoms with E-state index in [1.165, 1.54) is 13.2 Å².